The van der Waals surface area contributed by atoms with E-state index in [1.165, 1.54) is 25.7 Å². The molecule has 1 heterocycles. The summed E-state index contributed by atoms with van der Waals surface area (Å²) in [5.41, 5.74) is 1.31. The van der Waals surface area contributed by atoms with Gasteiger partial charge in [0.25, 0.3) is 0 Å². The topological polar surface area (TPSA) is 9.23 Å². The van der Waals surface area contributed by atoms with Crippen molar-refractivity contribution in [2.75, 3.05) is 7.11 Å². The van der Waals surface area contributed by atoms with Crippen LogP contribution in [-0.4, -0.2) is 7.11 Å². The van der Waals surface area contributed by atoms with Crippen molar-refractivity contribution in [1.29, 1.82) is 0 Å². The number of thiophene rings is 1. The average molecular weight is 228 g/mol. The molecule has 2 heteroatoms. The number of aryl methyl sites for hydroxylation is 1. The molecule has 0 amide bonds. The Labute approximate surface area is 98.3 Å². The third-order valence-electron chi connectivity index (χ3n) is 2.84. The first-order valence-electron chi connectivity index (χ1n) is 5.25. The van der Waals surface area contributed by atoms with Gasteiger partial charge in [-0.15, -0.1) is 11.3 Å². The molecule has 16 heavy (non-hydrogen) atoms. The lowest BCUT2D eigenvalue weighted by molar-refractivity contribution is 0.415. The third kappa shape index (κ3) is 1.38. The first-order valence-corrected chi connectivity index (χ1v) is 6.06. The number of hydrogen-bond donors (Lipinski definition) is 0. The molecule has 3 rings (SSSR count). The second kappa shape index (κ2) is 3.49. The fraction of sp³-hybridized carbons (Fsp3) is 0.143. The maximum Gasteiger partial charge on any atom is 0.120 e. The van der Waals surface area contributed by atoms with Crippen molar-refractivity contribution in [2.24, 2.45) is 0 Å². The fourth-order valence-electron chi connectivity index (χ4n) is 1.99. The van der Waals surface area contributed by atoms with Crippen molar-refractivity contribution in [2.45, 2.75) is 6.92 Å². The van der Waals surface area contributed by atoms with Gasteiger partial charge in [0, 0.05) is 20.2 Å². The number of hydrogen-bond acceptors (Lipinski definition) is 2. The fourth-order valence-corrected chi connectivity index (χ4v) is 3.22. The van der Waals surface area contributed by atoms with Gasteiger partial charge in [0.15, 0.2) is 0 Å². The highest BCUT2D eigenvalue weighted by Crippen LogP contribution is 2.36. The third-order valence-corrected chi connectivity index (χ3v) is 3.95. The van der Waals surface area contributed by atoms with Crippen molar-refractivity contribution in [1.82, 2.24) is 0 Å². The average Bonchev–Trinajstić information content (AvgIpc) is 2.64. The van der Waals surface area contributed by atoms with Crippen LogP contribution in [0, 0.1) is 6.92 Å². The monoisotopic (exact) mass is 228 g/mol. The van der Waals surface area contributed by atoms with E-state index in [2.05, 4.69) is 37.3 Å². The predicted molar refractivity (Wildman–Crippen MR) is 70.6 cm³/mol. The minimum absolute atomic E-state index is 0.927. The second-order valence-corrected chi connectivity index (χ2v) is 5.05. The summed E-state index contributed by atoms with van der Waals surface area (Å²) in [5.74, 6) is 0.927. The van der Waals surface area contributed by atoms with E-state index in [9.17, 15) is 0 Å². The van der Waals surface area contributed by atoms with Crippen molar-refractivity contribution in [3.05, 3.63) is 42.0 Å². The second-order valence-electron chi connectivity index (χ2n) is 3.96. The molecule has 2 aromatic carbocycles. The van der Waals surface area contributed by atoms with Gasteiger partial charge in [-0.25, -0.2) is 0 Å². The van der Waals surface area contributed by atoms with E-state index in [0.717, 1.165) is 5.75 Å². The molecule has 0 radical (unpaired) electrons. The van der Waals surface area contributed by atoms with Gasteiger partial charge in [-0.3, -0.25) is 0 Å². The molecule has 0 aliphatic rings. The van der Waals surface area contributed by atoms with Gasteiger partial charge in [0.2, 0.25) is 0 Å². The number of rotatable bonds is 1. The SMILES string of the molecule is COc1ccc2c(c1)sc1cc(C)ccc12. The molecule has 0 fully saturated rings. The predicted octanol–water partition coefficient (Wildman–Crippen LogP) is 4.37. The van der Waals surface area contributed by atoms with E-state index in [1.807, 2.05) is 17.4 Å². The summed E-state index contributed by atoms with van der Waals surface area (Å²) in [5, 5.41) is 2.66. The normalized spacial score (nSPS) is 11.1. The van der Waals surface area contributed by atoms with Gasteiger partial charge in [-0.05, 0) is 36.8 Å². The van der Waals surface area contributed by atoms with Gasteiger partial charge in [-0.1, -0.05) is 12.1 Å². The standard InChI is InChI=1S/C14H12OS/c1-9-3-5-11-12-6-4-10(15-2)8-14(12)16-13(11)7-9/h3-8H,1-2H3. The molecule has 0 bridgehead atoms. The Hall–Kier alpha value is -1.54. The molecule has 1 nitrogen and oxygen atoms in total. The van der Waals surface area contributed by atoms with Gasteiger partial charge in [0.1, 0.15) is 5.75 Å². The molecule has 0 atom stereocenters. The Morgan fingerprint density at radius 1 is 0.938 bits per heavy atom. The first-order chi connectivity index (χ1) is 7.78. The van der Waals surface area contributed by atoms with Crippen molar-refractivity contribution in [3.63, 3.8) is 0 Å². The molecule has 0 spiro atoms. The molecule has 0 saturated heterocycles. The summed E-state index contributed by atoms with van der Waals surface area (Å²) in [6.45, 7) is 2.13. The van der Waals surface area contributed by atoms with Crippen LogP contribution in [0.2, 0.25) is 0 Å². The minimum Gasteiger partial charge on any atom is -0.497 e. The summed E-state index contributed by atoms with van der Waals surface area (Å²) < 4.78 is 7.89. The van der Waals surface area contributed by atoms with E-state index in [0.29, 0.717) is 0 Å². The lowest BCUT2D eigenvalue weighted by Crippen LogP contribution is -1.79. The lowest BCUT2D eigenvalue weighted by atomic mass is 10.1. The number of fused-ring (bicyclic) bond motifs is 3. The van der Waals surface area contributed by atoms with Crippen molar-refractivity contribution in [3.8, 4) is 5.75 Å². The van der Waals surface area contributed by atoms with E-state index < -0.39 is 0 Å². The van der Waals surface area contributed by atoms with Gasteiger partial charge >= 0.3 is 0 Å². The highest BCUT2D eigenvalue weighted by molar-refractivity contribution is 7.25. The summed E-state index contributed by atoms with van der Waals surface area (Å²) in [6, 6.07) is 12.9. The molecule has 0 saturated carbocycles. The Morgan fingerprint density at radius 3 is 2.38 bits per heavy atom. The van der Waals surface area contributed by atoms with Gasteiger partial charge in [0.05, 0.1) is 7.11 Å². The van der Waals surface area contributed by atoms with E-state index in [1.54, 1.807) is 7.11 Å². The molecule has 0 unspecified atom stereocenters. The maximum absolute atomic E-state index is 5.25. The summed E-state index contributed by atoms with van der Waals surface area (Å²) in [6.07, 6.45) is 0. The highest BCUT2D eigenvalue weighted by Gasteiger charge is 2.05. The van der Waals surface area contributed by atoms with Gasteiger partial charge in [-0.2, -0.15) is 0 Å². The lowest BCUT2D eigenvalue weighted by Gasteiger charge is -1.98. The molecular formula is C14H12OS. The van der Waals surface area contributed by atoms with Crippen LogP contribution in [-0.2, 0) is 0 Å². The Bertz CT molecular complexity index is 667. The van der Waals surface area contributed by atoms with Crippen LogP contribution < -0.4 is 4.74 Å². The molecule has 0 aliphatic heterocycles. The number of benzene rings is 2. The maximum atomic E-state index is 5.25. The highest BCUT2D eigenvalue weighted by atomic mass is 32.1. The van der Waals surface area contributed by atoms with Gasteiger partial charge < -0.3 is 4.74 Å². The van der Waals surface area contributed by atoms with Crippen LogP contribution in [0.4, 0.5) is 0 Å². The van der Waals surface area contributed by atoms with Crippen LogP contribution in [0.1, 0.15) is 5.56 Å². The molecule has 3 aromatic rings. The van der Waals surface area contributed by atoms with Crippen LogP contribution in [0.3, 0.4) is 0 Å². The first kappa shape index (κ1) is 9.67. The van der Waals surface area contributed by atoms with Crippen molar-refractivity contribution >= 4 is 31.5 Å². The molecule has 0 aliphatic carbocycles. The van der Waals surface area contributed by atoms with Crippen LogP contribution >= 0.6 is 11.3 Å². The van der Waals surface area contributed by atoms with Crippen LogP contribution in [0.15, 0.2) is 36.4 Å². The quantitative estimate of drug-likeness (QED) is 0.601. The zero-order valence-electron chi connectivity index (χ0n) is 9.28. The van der Waals surface area contributed by atoms with Crippen LogP contribution in [0.25, 0.3) is 20.2 Å². The Kier molecular flexibility index (Phi) is 2.11. The van der Waals surface area contributed by atoms with Crippen molar-refractivity contribution < 1.29 is 4.74 Å². The van der Waals surface area contributed by atoms with E-state index in [4.69, 9.17) is 4.74 Å². The number of methoxy groups -OCH3 is 1. The Balaban J connectivity index is 2.40. The summed E-state index contributed by atoms with van der Waals surface area (Å²) >= 11 is 1.83. The van der Waals surface area contributed by atoms with E-state index in [-0.39, 0.29) is 0 Å². The number of ether oxygens (including phenoxy) is 1. The Morgan fingerprint density at radius 2 is 1.62 bits per heavy atom. The molecule has 0 N–H and O–H groups in total. The summed E-state index contributed by atoms with van der Waals surface area (Å²) in [7, 11) is 1.71. The zero-order valence-corrected chi connectivity index (χ0v) is 10.1. The smallest absolute Gasteiger partial charge is 0.120 e. The molecular weight excluding hydrogens is 216 g/mol. The molecule has 80 valence electrons. The zero-order chi connectivity index (χ0) is 11.1. The minimum atomic E-state index is 0.927. The van der Waals surface area contributed by atoms with Crippen LogP contribution in [0.5, 0.6) is 5.75 Å². The summed E-state index contributed by atoms with van der Waals surface area (Å²) in [4.78, 5) is 0. The largest absolute Gasteiger partial charge is 0.497 e. The molecule has 1 aromatic heterocycles. The van der Waals surface area contributed by atoms with E-state index >= 15 is 0 Å².